The minimum absolute atomic E-state index is 0. The maximum atomic E-state index is 0. The predicted molar refractivity (Wildman–Crippen MR) is 5.75 cm³/mol. The van der Waals surface area contributed by atoms with Gasteiger partial charge in [-0.2, -0.15) is 0 Å². The molecule has 0 unspecified atom stereocenters. The summed E-state index contributed by atoms with van der Waals surface area (Å²) >= 11 is 0. The van der Waals surface area contributed by atoms with Gasteiger partial charge in [-0.3, -0.25) is 0 Å². The van der Waals surface area contributed by atoms with Crippen LogP contribution in [0.1, 0.15) is 0 Å². The van der Waals surface area contributed by atoms with Gasteiger partial charge in [-0.05, 0) is 0 Å². The van der Waals surface area contributed by atoms with Crippen molar-refractivity contribution in [3.05, 3.63) is 0 Å². The Morgan fingerprint density at radius 1 is 1.00 bits per heavy atom. The van der Waals surface area contributed by atoms with E-state index in [1.54, 1.807) is 0 Å². The molecule has 0 saturated heterocycles. The smallest absolute Gasteiger partial charge is 1.00 e. The van der Waals surface area contributed by atoms with Crippen molar-refractivity contribution in [3.63, 3.8) is 0 Å². The van der Waals surface area contributed by atoms with Gasteiger partial charge in [0.15, 0.2) is 0 Å². The van der Waals surface area contributed by atoms with Gasteiger partial charge in [0.2, 0.25) is 0 Å². The van der Waals surface area contributed by atoms with E-state index in [-0.39, 0.29) is 126 Å². The van der Waals surface area contributed by atoms with Crippen molar-refractivity contribution < 1.29 is 87.8 Å². The largest absolute Gasteiger partial charge is 2.00 e. The van der Waals surface area contributed by atoms with E-state index < -0.39 is 0 Å². The Bertz CT molecular complexity index is 8.00. The Hall–Kier alpha value is 3.92. The molecule has 0 spiro atoms. The standard InChI is InChI=1S/Ca.ClH.HI.K/h;2*1H;/q+2;;;+1/p-2. The molecule has 0 N–H and O–H groups in total. The Kier molecular flexibility index (Phi) is 97.4. The van der Waals surface area contributed by atoms with Gasteiger partial charge in [0.1, 0.15) is 0 Å². The Labute approximate surface area is 122 Å². The maximum absolute atomic E-state index is 0. The number of rotatable bonds is 0. The van der Waals surface area contributed by atoms with Crippen LogP contribution in [0, 0.1) is 0 Å². The minimum Gasteiger partial charge on any atom is -1.00 e. The summed E-state index contributed by atoms with van der Waals surface area (Å²) in [6.07, 6.45) is 0. The molecule has 0 amide bonds. The van der Waals surface area contributed by atoms with Crippen LogP contribution < -0.4 is 87.8 Å². The van der Waals surface area contributed by atoms with Gasteiger partial charge in [0.25, 0.3) is 0 Å². The third-order valence-electron chi connectivity index (χ3n) is 0. The molecule has 16 valence electrons. The van der Waals surface area contributed by atoms with E-state index in [0.717, 1.165) is 0 Å². The van der Waals surface area contributed by atoms with Crippen molar-refractivity contribution in [2.24, 2.45) is 0 Å². The van der Waals surface area contributed by atoms with Gasteiger partial charge >= 0.3 is 89.1 Å². The summed E-state index contributed by atoms with van der Waals surface area (Å²) in [7, 11) is 0. The van der Waals surface area contributed by atoms with Crippen molar-refractivity contribution in [3.8, 4) is 0 Å². The average Bonchev–Trinajstić information content (AvgIpc) is 0. The first-order chi connectivity index (χ1) is 0. The Balaban J connectivity index is 0. The zero-order valence-electron chi connectivity index (χ0n) is 2.46. The molecule has 0 heterocycles. The second kappa shape index (κ2) is 15.8. The molecule has 0 fully saturated rings. The van der Waals surface area contributed by atoms with Crippen LogP contribution >= 0.6 is 0 Å². The summed E-state index contributed by atoms with van der Waals surface area (Å²) in [6, 6.07) is 0. The third kappa shape index (κ3) is 9.32. The SMILES string of the molecule is [Ca+2].[Cl-].[I-].[K+]. The van der Waals surface area contributed by atoms with E-state index in [2.05, 4.69) is 0 Å². The Morgan fingerprint density at radius 2 is 1.00 bits per heavy atom. The zero-order valence-corrected chi connectivity index (χ0v) is 10.7. The second-order valence-corrected chi connectivity index (χ2v) is 0. The molecule has 4 heteroatoms. The fraction of sp³-hybridized carbons (Fsp3) is 0. The van der Waals surface area contributed by atoms with Crippen LogP contribution in [0.15, 0.2) is 0 Å². The van der Waals surface area contributed by atoms with Crippen LogP contribution in [-0.2, 0) is 0 Å². The van der Waals surface area contributed by atoms with Gasteiger partial charge in [0.05, 0.1) is 0 Å². The summed E-state index contributed by atoms with van der Waals surface area (Å²) in [4.78, 5) is 0. The first-order valence-corrected chi connectivity index (χ1v) is 0. The van der Waals surface area contributed by atoms with Crippen LogP contribution in [0.3, 0.4) is 0 Å². The molecule has 0 aliphatic rings. The molecule has 0 nitrogen and oxygen atoms in total. The molecule has 0 aromatic rings. The normalized spacial score (nSPS) is 0. The van der Waals surface area contributed by atoms with Gasteiger partial charge in [0, 0.05) is 0 Å². The summed E-state index contributed by atoms with van der Waals surface area (Å²) in [5.41, 5.74) is 0. The summed E-state index contributed by atoms with van der Waals surface area (Å²) in [5.74, 6) is 0. The van der Waals surface area contributed by atoms with E-state index in [1.165, 1.54) is 0 Å². The molecule has 0 atom stereocenters. The topological polar surface area (TPSA) is 0 Å². The molecular weight excluding hydrogens is 242 g/mol. The Morgan fingerprint density at radius 3 is 1.00 bits per heavy atom. The van der Waals surface area contributed by atoms with Gasteiger partial charge in [-0.1, -0.05) is 0 Å². The van der Waals surface area contributed by atoms with Crippen molar-refractivity contribution >= 4 is 37.7 Å². The number of halogens is 2. The minimum atomic E-state index is 0. The van der Waals surface area contributed by atoms with Gasteiger partial charge in [-0.25, -0.2) is 0 Å². The first-order valence-electron chi connectivity index (χ1n) is 0. The zero-order chi connectivity index (χ0) is 0. The molecule has 0 aliphatic heterocycles. The quantitative estimate of drug-likeness (QED) is 0.292. The maximum Gasteiger partial charge on any atom is 2.00 e. The fourth-order valence-electron chi connectivity index (χ4n) is 0. The predicted octanol–water partition coefficient (Wildman–Crippen LogP) is -9.37. The van der Waals surface area contributed by atoms with Crippen LogP contribution in [0.5, 0.6) is 0 Å². The van der Waals surface area contributed by atoms with Crippen molar-refractivity contribution in [1.82, 2.24) is 0 Å². The molecule has 0 rings (SSSR count). The van der Waals surface area contributed by atoms with Crippen LogP contribution in [-0.4, -0.2) is 37.7 Å². The summed E-state index contributed by atoms with van der Waals surface area (Å²) in [5, 5.41) is 0. The molecule has 0 aliphatic carbocycles. The third-order valence-corrected chi connectivity index (χ3v) is 0. The molecule has 0 radical (unpaired) electrons. The van der Waals surface area contributed by atoms with E-state index in [0.29, 0.717) is 0 Å². The monoisotopic (exact) mass is 241 g/mol. The summed E-state index contributed by atoms with van der Waals surface area (Å²) in [6.45, 7) is 0. The first kappa shape index (κ1) is 24.7. The summed E-state index contributed by atoms with van der Waals surface area (Å²) < 4.78 is 0. The second-order valence-electron chi connectivity index (χ2n) is 0. The van der Waals surface area contributed by atoms with Crippen LogP contribution in [0.4, 0.5) is 0 Å². The van der Waals surface area contributed by atoms with E-state index in [1.807, 2.05) is 0 Å². The van der Waals surface area contributed by atoms with E-state index >= 15 is 0 Å². The van der Waals surface area contributed by atoms with Crippen molar-refractivity contribution in [2.75, 3.05) is 0 Å². The van der Waals surface area contributed by atoms with Crippen molar-refractivity contribution in [1.29, 1.82) is 0 Å². The average molecular weight is 242 g/mol. The molecule has 0 bridgehead atoms. The van der Waals surface area contributed by atoms with Gasteiger partial charge in [-0.15, -0.1) is 0 Å². The number of hydrogen-bond donors (Lipinski definition) is 0. The molecular formula is CaClIK+. The molecule has 4 heavy (non-hydrogen) atoms. The fourth-order valence-corrected chi connectivity index (χ4v) is 0. The number of hydrogen-bond acceptors (Lipinski definition) is 0. The van der Waals surface area contributed by atoms with Crippen LogP contribution in [0.25, 0.3) is 0 Å². The van der Waals surface area contributed by atoms with E-state index in [9.17, 15) is 0 Å². The van der Waals surface area contributed by atoms with Crippen LogP contribution in [0.2, 0.25) is 0 Å². The molecule has 0 saturated carbocycles. The van der Waals surface area contributed by atoms with Gasteiger partial charge < -0.3 is 36.4 Å². The van der Waals surface area contributed by atoms with Crippen molar-refractivity contribution in [2.45, 2.75) is 0 Å². The molecule has 0 aromatic carbocycles. The molecule has 0 aromatic heterocycles. The van der Waals surface area contributed by atoms with E-state index in [4.69, 9.17) is 0 Å².